The first-order valence-electron chi connectivity index (χ1n) is 5.90. The number of carbonyl (C=O) groups excluding carboxylic acids is 1. The second kappa shape index (κ2) is 6.83. The molecule has 0 aromatic carbocycles. The van der Waals surface area contributed by atoms with Crippen LogP contribution < -0.4 is 11.1 Å². The molecule has 0 saturated heterocycles. The molecule has 0 rings (SSSR count). The van der Waals surface area contributed by atoms with Gasteiger partial charge < -0.3 is 11.1 Å². The van der Waals surface area contributed by atoms with E-state index in [0.717, 1.165) is 13.0 Å². The molecule has 1 amide bonds. The van der Waals surface area contributed by atoms with Crippen molar-refractivity contribution >= 4 is 5.91 Å². The monoisotopic (exact) mass is 214 g/mol. The molecule has 1 atom stereocenters. The van der Waals surface area contributed by atoms with Crippen LogP contribution in [0.1, 0.15) is 53.4 Å². The predicted molar refractivity (Wildman–Crippen MR) is 64.6 cm³/mol. The smallest absolute Gasteiger partial charge is 0.221 e. The summed E-state index contributed by atoms with van der Waals surface area (Å²) in [6, 6.07) is -0.0660. The van der Waals surface area contributed by atoms with Crippen molar-refractivity contribution in [1.29, 1.82) is 0 Å². The van der Waals surface area contributed by atoms with E-state index < -0.39 is 0 Å². The van der Waals surface area contributed by atoms with Gasteiger partial charge in [-0.05, 0) is 11.8 Å². The highest BCUT2D eigenvalue weighted by Crippen LogP contribution is 2.19. The van der Waals surface area contributed by atoms with Gasteiger partial charge in [0.05, 0.1) is 0 Å². The lowest BCUT2D eigenvalue weighted by Crippen LogP contribution is -2.40. The van der Waals surface area contributed by atoms with Crippen molar-refractivity contribution in [2.24, 2.45) is 11.1 Å². The standard InChI is InChI=1S/C12H26N2O/c1-5-6-7-8-14-11(15)9-10(13)12(2,3)4/h10H,5-9,13H2,1-4H3,(H,14,15). The molecule has 0 saturated carbocycles. The second-order valence-corrected chi connectivity index (χ2v) is 5.23. The Morgan fingerprint density at radius 1 is 1.33 bits per heavy atom. The van der Waals surface area contributed by atoms with E-state index in [4.69, 9.17) is 5.73 Å². The van der Waals surface area contributed by atoms with Gasteiger partial charge in [0.25, 0.3) is 0 Å². The van der Waals surface area contributed by atoms with Gasteiger partial charge in [-0.3, -0.25) is 4.79 Å². The van der Waals surface area contributed by atoms with Gasteiger partial charge in [0.2, 0.25) is 5.91 Å². The molecule has 0 aliphatic rings. The van der Waals surface area contributed by atoms with Crippen LogP contribution in [0.3, 0.4) is 0 Å². The van der Waals surface area contributed by atoms with Crippen LogP contribution in [0.5, 0.6) is 0 Å². The molecule has 0 aromatic heterocycles. The van der Waals surface area contributed by atoms with E-state index in [1.54, 1.807) is 0 Å². The Bertz CT molecular complexity index is 185. The summed E-state index contributed by atoms with van der Waals surface area (Å²) in [6.07, 6.45) is 3.84. The molecule has 0 bridgehead atoms. The number of hydrogen-bond donors (Lipinski definition) is 2. The molecule has 0 aliphatic heterocycles. The van der Waals surface area contributed by atoms with E-state index in [-0.39, 0.29) is 17.4 Å². The van der Waals surface area contributed by atoms with E-state index in [1.165, 1.54) is 12.8 Å². The molecule has 15 heavy (non-hydrogen) atoms. The van der Waals surface area contributed by atoms with Crippen LogP contribution in [0.4, 0.5) is 0 Å². The largest absolute Gasteiger partial charge is 0.356 e. The number of rotatable bonds is 6. The third kappa shape index (κ3) is 7.37. The van der Waals surface area contributed by atoms with E-state index in [2.05, 4.69) is 33.0 Å². The molecule has 90 valence electrons. The van der Waals surface area contributed by atoms with Gasteiger partial charge in [-0.15, -0.1) is 0 Å². The summed E-state index contributed by atoms with van der Waals surface area (Å²) in [6.45, 7) is 9.10. The minimum Gasteiger partial charge on any atom is -0.356 e. The van der Waals surface area contributed by atoms with Crippen molar-refractivity contribution in [3.05, 3.63) is 0 Å². The summed E-state index contributed by atoms with van der Waals surface area (Å²) < 4.78 is 0. The van der Waals surface area contributed by atoms with Crippen molar-refractivity contribution in [2.75, 3.05) is 6.54 Å². The highest BCUT2D eigenvalue weighted by Gasteiger charge is 2.22. The summed E-state index contributed by atoms with van der Waals surface area (Å²) >= 11 is 0. The molecule has 3 N–H and O–H groups in total. The lowest BCUT2D eigenvalue weighted by atomic mass is 9.85. The molecular formula is C12H26N2O. The number of hydrogen-bond acceptors (Lipinski definition) is 2. The van der Waals surface area contributed by atoms with Gasteiger partial charge in [-0.25, -0.2) is 0 Å². The maximum absolute atomic E-state index is 11.5. The SMILES string of the molecule is CCCCCNC(=O)CC(N)C(C)(C)C. The van der Waals surface area contributed by atoms with Crippen LogP contribution >= 0.6 is 0 Å². The van der Waals surface area contributed by atoms with E-state index in [0.29, 0.717) is 6.42 Å². The van der Waals surface area contributed by atoms with E-state index in [1.807, 2.05) is 0 Å². The zero-order valence-corrected chi connectivity index (χ0v) is 10.6. The first-order chi connectivity index (χ1) is 6.88. The Morgan fingerprint density at radius 2 is 1.93 bits per heavy atom. The summed E-state index contributed by atoms with van der Waals surface area (Å²) in [4.78, 5) is 11.5. The second-order valence-electron chi connectivity index (χ2n) is 5.23. The zero-order valence-electron chi connectivity index (χ0n) is 10.6. The highest BCUT2D eigenvalue weighted by molar-refractivity contribution is 5.76. The van der Waals surface area contributed by atoms with E-state index in [9.17, 15) is 4.79 Å². The van der Waals surface area contributed by atoms with Gasteiger partial charge in [-0.2, -0.15) is 0 Å². The molecule has 0 aliphatic carbocycles. The normalized spacial score (nSPS) is 13.7. The van der Waals surface area contributed by atoms with Crippen LogP contribution in [0.2, 0.25) is 0 Å². The first kappa shape index (κ1) is 14.4. The maximum atomic E-state index is 11.5. The van der Waals surface area contributed by atoms with Crippen LogP contribution in [0.15, 0.2) is 0 Å². The zero-order chi connectivity index (χ0) is 11.9. The Labute approximate surface area is 93.8 Å². The maximum Gasteiger partial charge on any atom is 0.221 e. The molecular weight excluding hydrogens is 188 g/mol. The number of nitrogens with two attached hydrogens (primary N) is 1. The van der Waals surface area contributed by atoms with Crippen LogP contribution in [-0.2, 0) is 4.79 Å². The van der Waals surface area contributed by atoms with Crippen LogP contribution in [0, 0.1) is 5.41 Å². The molecule has 0 heterocycles. The molecule has 0 aromatic rings. The molecule has 0 fully saturated rings. The quantitative estimate of drug-likeness (QED) is 0.665. The van der Waals surface area contributed by atoms with Gasteiger partial charge >= 0.3 is 0 Å². The Morgan fingerprint density at radius 3 is 2.40 bits per heavy atom. The lowest BCUT2D eigenvalue weighted by molar-refractivity contribution is -0.121. The number of unbranched alkanes of at least 4 members (excludes halogenated alkanes) is 2. The summed E-state index contributed by atoms with van der Waals surface area (Å²) in [5.41, 5.74) is 5.92. The summed E-state index contributed by atoms with van der Waals surface area (Å²) in [7, 11) is 0. The van der Waals surface area contributed by atoms with Gasteiger partial charge in [0.15, 0.2) is 0 Å². The third-order valence-electron chi connectivity index (χ3n) is 2.62. The van der Waals surface area contributed by atoms with Gasteiger partial charge in [-0.1, -0.05) is 40.5 Å². The van der Waals surface area contributed by atoms with Crippen molar-refractivity contribution in [1.82, 2.24) is 5.32 Å². The first-order valence-corrected chi connectivity index (χ1v) is 5.90. The minimum absolute atomic E-state index is 0.000753. The summed E-state index contributed by atoms with van der Waals surface area (Å²) in [5.74, 6) is 0.0773. The topological polar surface area (TPSA) is 55.1 Å². The average Bonchev–Trinajstić information content (AvgIpc) is 2.11. The van der Waals surface area contributed by atoms with Crippen LogP contribution in [-0.4, -0.2) is 18.5 Å². The van der Waals surface area contributed by atoms with Crippen LogP contribution in [0.25, 0.3) is 0 Å². The molecule has 1 unspecified atom stereocenters. The predicted octanol–water partition coefficient (Wildman–Crippen LogP) is 2.06. The lowest BCUT2D eigenvalue weighted by Gasteiger charge is -2.26. The fourth-order valence-corrected chi connectivity index (χ4v) is 1.18. The fraction of sp³-hybridized carbons (Fsp3) is 0.917. The summed E-state index contributed by atoms with van der Waals surface area (Å²) in [5, 5.41) is 2.90. The molecule has 3 heteroatoms. The minimum atomic E-state index is -0.0660. The molecule has 3 nitrogen and oxygen atoms in total. The number of carbonyl (C=O) groups is 1. The van der Waals surface area contributed by atoms with Gasteiger partial charge in [0, 0.05) is 19.0 Å². The van der Waals surface area contributed by atoms with E-state index >= 15 is 0 Å². The Kier molecular flexibility index (Phi) is 6.57. The molecule has 0 spiro atoms. The highest BCUT2D eigenvalue weighted by atomic mass is 16.1. The van der Waals surface area contributed by atoms with Crippen molar-refractivity contribution < 1.29 is 4.79 Å². The van der Waals surface area contributed by atoms with Crippen molar-refractivity contribution in [3.8, 4) is 0 Å². The Balaban J connectivity index is 3.65. The molecule has 0 radical (unpaired) electrons. The third-order valence-corrected chi connectivity index (χ3v) is 2.62. The fourth-order valence-electron chi connectivity index (χ4n) is 1.18. The Hall–Kier alpha value is -0.570. The van der Waals surface area contributed by atoms with Crippen molar-refractivity contribution in [2.45, 2.75) is 59.4 Å². The average molecular weight is 214 g/mol. The van der Waals surface area contributed by atoms with Crippen molar-refractivity contribution in [3.63, 3.8) is 0 Å². The number of nitrogens with one attached hydrogen (secondary N) is 1. The van der Waals surface area contributed by atoms with Gasteiger partial charge in [0.1, 0.15) is 0 Å². The number of amides is 1.